The number of aryl methyl sites for hydroxylation is 1. The normalized spacial score (nSPS) is 10.5. The highest BCUT2D eigenvalue weighted by Crippen LogP contribution is 2.34. The van der Waals surface area contributed by atoms with Crippen LogP contribution in [0, 0.1) is 0 Å². The van der Waals surface area contributed by atoms with E-state index in [1.807, 2.05) is 0 Å². The van der Waals surface area contributed by atoms with Gasteiger partial charge in [0.25, 0.3) is 5.91 Å². The molecule has 0 unspecified atom stereocenters. The number of benzene rings is 1. The predicted octanol–water partition coefficient (Wildman–Crippen LogP) is 3.32. The lowest BCUT2D eigenvalue weighted by Crippen LogP contribution is -2.15. The van der Waals surface area contributed by atoms with Gasteiger partial charge in [-0.1, -0.05) is 39.1 Å². The molecule has 0 saturated carbocycles. The zero-order valence-electron chi connectivity index (χ0n) is 9.75. The molecule has 19 heavy (non-hydrogen) atoms. The zero-order chi connectivity index (χ0) is 14.2. The molecule has 0 saturated heterocycles. The van der Waals surface area contributed by atoms with Crippen molar-refractivity contribution in [2.24, 2.45) is 7.05 Å². The van der Waals surface area contributed by atoms with Gasteiger partial charge in [0.1, 0.15) is 0 Å². The lowest BCUT2D eigenvalue weighted by Gasteiger charge is -2.09. The van der Waals surface area contributed by atoms with Crippen molar-refractivity contribution < 1.29 is 4.79 Å². The van der Waals surface area contributed by atoms with Crippen LogP contribution in [-0.2, 0) is 7.05 Å². The molecule has 2 rings (SSSR count). The second-order valence-electron chi connectivity index (χ2n) is 3.81. The van der Waals surface area contributed by atoms with E-state index in [0.29, 0.717) is 15.7 Å². The van der Waals surface area contributed by atoms with Gasteiger partial charge in [-0.15, -0.1) is 0 Å². The van der Waals surface area contributed by atoms with Gasteiger partial charge in [0.2, 0.25) is 0 Å². The lowest BCUT2D eigenvalue weighted by atomic mass is 10.3. The third-order valence-electron chi connectivity index (χ3n) is 2.32. The van der Waals surface area contributed by atoms with E-state index in [4.69, 9.17) is 28.9 Å². The summed E-state index contributed by atoms with van der Waals surface area (Å²) in [5.41, 5.74) is 6.40. The van der Waals surface area contributed by atoms with Gasteiger partial charge in [-0.2, -0.15) is 5.10 Å². The van der Waals surface area contributed by atoms with Crippen LogP contribution in [0.15, 0.2) is 22.8 Å². The number of aromatic nitrogens is 2. The first kappa shape index (κ1) is 14.2. The fraction of sp³-hybridized carbons (Fsp3) is 0.0909. The van der Waals surface area contributed by atoms with Crippen LogP contribution in [-0.4, -0.2) is 15.7 Å². The third kappa shape index (κ3) is 3.02. The highest BCUT2D eigenvalue weighted by Gasteiger charge is 2.17. The van der Waals surface area contributed by atoms with Crippen molar-refractivity contribution >= 4 is 56.4 Å². The van der Waals surface area contributed by atoms with Crippen molar-refractivity contribution in [2.45, 2.75) is 0 Å². The molecule has 0 bridgehead atoms. The quantitative estimate of drug-likeness (QED) is 0.859. The SMILES string of the molecule is Cn1cc(N)c(C(=O)Nc2c(Cl)cc(Br)cc2Cl)n1. The summed E-state index contributed by atoms with van der Waals surface area (Å²) < 4.78 is 2.17. The summed E-state index contributed by atoms with van der Waals surface area (Å²) in [7, 11) is 1.67. The van der Waals surface area contributed by atoms with Crippen LogP contribution in [0.2, 0.25) is 10.0 Å². The number of hydrogen-bond acceptors (Lipinski definition) is 3. The maximum absolute atomic E-state index is 12.0. The first-order valence-corrected chi connectivity index (χ1v) is 6.68. The molecule has 0 aliphatic rings. The van der Waals surface area contributed by atoms with Crippen molar-refractivity contribution in [1.29, 1.82) is 0 Å². The number of nitrogens with two attached hydrogens (primary N) is 1. The first-order chi connectivity index (χ1) is 8.88. The number of hydrogen-bond donors (Lipinski definition) is 2. The summed E-state index contributed by atoms with van der Waals surface area (Å²) in [6.07, 6.45) is 1.54. The summed E-state index contributed by atoms with van der Waals surface area (Å²) in [6, 6.07) is 3.26. The number of halogens is 3. The first-order valence-electron chi connectivity index (χ1n) is 5.13. The number of nitrogen functional groups attached to an aromatic ring is 1. The van der Waals surface area contributed by atoms with E-state index < -0.39 is 5.91 Å². The van der Waals surface area contributed by atoms with E-state index in [-0.39, 0.29) is 11.4 Å². The van der Waals surface area contributed by atoms with E-state index in [1.165, 1.54) is 4.68 Å². The monoisotopic (exact) mass is 362 g/mol. The van der Waals surface area contributed by atoms with Gasteiger partial charge in [-0.3, -0.25) is 9.48 Å². The predicted molar refractivity (Wildman–Crippen MR) is 79.7 cm³/mol. The second-order valence-corrected chi connectivity index (χ2v) is 5.54. The minimum absolute atomic E-state index is 0.123. The molecule has 0 aliphatic carbocycles. The largest absolute Gasteiger partial charge is 0.396 e. The number of nitrogens with zero attached hydrogens (tertiary/aromatic N) is 2. The van der Waals surface area contributed by atoms with Gasteiger partial charge in [-0.05, 0) is 12.1 Å². The number of carbonyl (C=O) groups is 1. The molecule has 3 N–H and O–H groups in total. The van der Waals surface area contributed by atoms with Crippen LogP contribution < -0.4 is 11.1 Å². The Bertz CT molecular complexity index is 633. The molecule has 1 amide bonds. The maximum atomic E-state index is 12.0. The standard InChI is InChI=1S/C11H9BrCl2N4O/c1-18-4-8(15)10(17-18)11(19)16-9-6(13)2-5(12)3-7(9)14/h2-4H,15H2,1H3,(H,16,19). The summed E-state index contributed by atoms with van der Waals surface area (Å²) in [6.45, 7) is 0. The van der Waals surface area contributed by atoms with E-state index in [9.17, 15) is 4.79 Å². The molecular weight excluding hydrogens is 355 g/mol. The average Bonchev–Trinajstić information content (AvgIpc) is 2.62. The molecule has 8 heteroatoms. The second kappa shape index (κ2) is 5.40. The molecule has 0 aliphatic heterocycles. The third-order valence-corrected chi connectivity index (χ3v) is 3.37. The van der Waals surface area contributed by atoms with Crippen molar-refractivity contribution in [3.05, 3.63) is 38.5 Å². The minimum Gasteiger partial charge on any atom is -0.396 e. The fourth-order valence-electron chi connectivity index (χ4n) is 1.52. The van der Waals surface area contributed by atoms with E-state index in [2.05, 4.69) is 26.3 Å². The number of anilines is 2. The van der Waals surface area contributed by atoms with Crippen molar-refractivity contribution in [3.63, 3.8) is 0 Å². The molecule has 100 valence electrons. The maximum Gasteiger partial charge on any atom is 0.278 e. The van der Waals surface area contributed by atoms with Crippen LogP contribution in [0.25, 0.3) is 0 Å². The van der Waals surface area contributed by atoms with Gasteiger partial charge in [-0.25, -0.2) is 0 Å². The molecule has 0 atom stereocenters. The molecule has 1 heterocycles. The molecule has 1 aromatic heterocycles. The number of carbonyl (C=O) groups excluding carboxylic acids is 1. The Kier molecular flexibility index (Phi) is 4.03. The highest BCUT2D eigenvalue weighted by molar-refractivity contribution is 9.10. The summed E-state index contributed by atoms with van der Waals surface area (Å²) in [5, 5.41) is 7.21. The Morgan fingerprint density at radius 1 is 1.42 bits per heavy atom. The minimum atomic E-state index is -0.468. The molecule has 0 fully saturated rings. The summed E-state index contributed by atoms with van der Waals surface area (Å²) in [4.78, 5) is 12.0. The van der Waals surface area contributed by atoms with Gasteiger partial charge in [0.15, 0.2) is 5.69 Å². The van der Waals surface area contributed by atoms with E-state index in [1.54, 1.807) is 25.4 Å². The Labute approximate surface area is 127 Å². The summed E-state index contributed by atoms with van der Waals surface area (Å²) >= 11 is 15.3. The van der Waals surface area contributed by atoms with E-state index in [0.717, 1.165) is 4.47 Å². The highest BCUT2D eigenvalue weighted by atomic mass is 79.9. The Hall–Kier alpha value is -1.24. The number of rotatable bonds is 2. The van der Waals surface area contributed by atoms with Crippen LogP contribution >= 0.6 is 39.1 Å². The van der Waals surface area contributed by atoms with Crippen LogP contribution in [0.1, 0.15) is 10.5 Å². The molecular formula is C11H9BrCl2N4O. The van der Waals surface area contributed by atoms with Gasteiger partial charge in [0.05, 0.1) is 21.4 Å². The zero-order valence-corrected chi connectivity index (χ0v) is 12.8. The van der Waals surface area contributed by atoms with Crippen LogP contribution in [0.4, 0.5) is 11.4 Å². The number of nitrogens with one attached hydrogen (secondary N) is 1. The van der Waals surface area contributed by atoms with Crippen molar-refractivity contribution in [2.75, 3.05) is 11.1 Å². The molecule has 0 radical (unpaired) electrons. The average molecular weight is 364 g/mol. The number of amides is 1. The summed E-state index contributed by atoms with van der Waals surface area (Å²) in [5.74, 6) is -0.468. The Morgan fingerprint density at radius 2 is 2.00 bits per heavy atom. The van der Waals surface area contributed by atoms with Crippen molar-refractivity contribution in [3.8, 4) is 0 Å². The smallest absolute Gasteiger partial charge is 0.278 e. The topological polar surface area (TPSA) is 72.9 Å². The molecule has 5 nitrogen and oxygen atoms in total. The lowest BCUT2D eigenvalue weighted by molar-refractivity contribution is 0.102. The Morgan fingerprint density at radius 3 is 2.47 bits per heavy atom. The van der Waals surface area contributed by atoms with E-state index >= 15 is 0 Å². The molecule has 2 aromatic rings. The van der Waals surface area contributed by atoms with Gasteiger partial charge < -0.3 is 11.1 Å². The fourth-order valence-corrected chi connectivity index (χ4v) is 2.82. The molecule has 0 spiro atoms. The van der Waals surface area contributed by atoms with Gasteiger partial charge >= 0.3 is 0 Å². The van der Waals surface area contributed by atoms with Crippen molar-refractivity contribution in [1.82, 2.24) is 9.78 Å². The Balaban J connectivity index is 2.32. The molecule has 1 aromatic carbocycles. The van der Waals surface area contributed by atoms with Gasteiger partial charge in [0, 0.05) is 17.7 Å². The van der Waals surface area contributed by atoms with Crippen LogP contribution in [0.3, 0.4) is 0 Å². The van der Waals surface area contributed by atoms with Crippen LogP contribution in [0.5, 0.6) is 0 Å².